The average Bonchev–Trinajstić information content (AvgIpc) is 2.14. The highest BCUT2D eigenvalue weighted by Crippen LogP contribution is 2.45. The van der Waals surface area contributed by atoms with Gasteiger partial charge in [0.1, 0.15) is 5.75 Å². The summed E-state index contributed by atoms with van der Waals surface area (Å²) >= 11 is 0. The third kappa shape index (κ3) is 2.66. The Morgan fingerprint density at radius 3 is 2.24 bits per heavy atom. The fraction of sp³-hybridized carbons (Fsp3) is 0.300. The molecule has 17 heavy (non-hydrogen) atoms. The molecule has 0 aliphatic carbocycles. The minimum atomic E-state index is -5.38. The monoisotopic (exact) mass is 252 g/mol. The predicted octanol–water partition coefficient (Wildman–Crippen LogP) is 2.59. The van der Waals surface area contributed by atoms with E-state index in [1.165, 1.54) is 0 Å². The summed E-state index contributed by atoms with van der Waals surface area (Å²) < 4.78 is 51.5. The Balaban J connectivity index is 3.29. The third-order valence-electron chi connectivity index (χ3n) is 2.15. The van der Waals surface area contributed by atoms with Crippen molar-refractivity contribution in [2.75, 3.05) is 0 Å². The van der Waals surface area contributed by atoms with Gasteiger partial charge in [0.25, 0.3) is 0 Å². The quantitative estimate of drug-likeness (QED) is 0.813. The highest BCUT2D eigenvalue weighted by atomic mass is 19.4. The standard InChI is InChI=1S/C10H8F4O3/c11-9(5-8(16)17,10(12,13)14)6-2-1-3-7(15)4-6/h1-4,15H,5H2,(H,16,17). The predicted molar refractivity (Wildman–Crippen MR) is 49.2 cm³/mol. The number of benzene rings is 1. The van der Waals surface area contributed by atoms with Crippen molar-refractivity contribution in [3.05, 3.63) is 29.8 Å². The highest BCUT2D eigenvalue weighted by molar-refractivity contribution is 5.69. The van der Waals surface area contributed by atoms with Crippen molar-refractivity contribution in [2.45, 2.75) is 18.3 Å². The Bertz CT molecular complexity index is 430. The van der Waals surface area contributed by atoms with Gasteiger partial charge in [-0.2, -0.15) is 13.2 Å². The molecule has 0 bridgehead atoms. The first-order valence-corrected chi connectivity index (χ1v) is 4.44. The lowest BCUT2D eigenvalue weighted by Gasteiger charge is -2.26. The van der Waals surface area contributed by atoms with Crippen LogP contribution in [-0.4, -0.2) is 22.4 Å². The minimum Gasteiger partial charge on any atom is -0.508 e. The largest absolute Gasteiger partial charge is 0.508 e. The van der Waals surface area contributed by atoms with Gasteiger partial charge < -0.3 is 10.2 Å². The minimum absolute atomic E-state index is 0.552. The molecule has 0 radical (unpaired) electrons. The summed E-state index contributed by atoms with van der Waals surface area (Å²) in [5, 5.41) is 17.3. The lowest BCUT2D eigenvalue weighted by atomic mass is 9.91. The Morgan fingerprint density at radius 1 is 1.24 bits per heavy atom. The van der Waals surface area contributed by atoms with Crippen molar-refractivity contribution in [3.63, 3.8) is 0 Å². The van der Waals surface area contributed by atoms with Crippen molar-refractivity contribution in [2.24, 2.45) is 0 Å². The number of hydrogen-bond donors (Lipinski definition) is 2. The molecule has 2 N–H and O–H groups in total. The van der Waals surface area contributed by atoms with Crippen molar-refractivity contribution in [1.29, 1.82) is 0 Å². The summed E-state index contributed by atoms with van der Waals surface area (Å²) in [4.78, 5) is 10.3. The topological polar surface area (TPSA) is 57.5 Å². The molecular weight excluding hydrogens is 244 g/mol. The molecule has 1 aromatic rings. The lowest BCUT2D eigenvalue weighted by Crippen LogP contribution is -2.40. The van der Waals surface area contributed by atoms with Crippen LogP contribution >= 0.6 is 0 Å². The molecular formula is C10H8F4O3. The molecule has 1 rings (SSSR count). The lowest BCUT2D eigenvalue weighted by molar-refractivity contribution is -0.239. The number of rotatable bonds is 3. The summed E-state index contributed by atoms with van der Waals surface area (Å²) in [6.07, 6.45) is -7.13. The van der Waals surface area contributed by atoms with Crippen molar-refractivity contribution < 1.29 is 32.6 Å². The molecule has 0 aromatic heterocycles. The number of aromatic hydroxyl groups is 1. The molecule has 3 nitrogen and oxygen atoms in total. The average molecular weight is 252 g/mol. The van der Waals surface area contributed by atoms with Gasteiger partial charge >= 0.3 is 12.1 Å². The van der Waals surface area contributed by atoms with E-state index in [1.807, 2.05) is 0 Å². The number of carbonyl (C=O) groups is 1. The van der Waals surface area contributed by atoms with Gasteiger partial charge in [-0.05, 0) is 12.1 Å². The number of phenols is 1. The van der Waals surface area contributed by atoms with E-state index in [0.717, 1.165) is 18.2 Å². The van der Waals surface area contributed by atoms with Crippen molar-refractivity contribution in [3.8, 4) is 5.75 Å². The van der Waals surface area contributed by atoms with Crippen molar-refractivity contribution in [1.82, 2.24) is 0 Å². The maximum Gasteiger partial charge on any atom is 0.427 e. The molecule has 0 heterocycles. The van der Waals surface area contributed by atoms with Gasteiger partial charge in [0.05, 0.1) is 6.42 Å². The van der Waals surface area contributed by atoms with E-state index in [0.29, 0.717) is 6.07 Å². The van der Waals surface area contributed by atoms with Crippen LogP contribution in [0.4, 0.5) is 17.6 Å². The summed E-state index contributed by atoms with van der Waals surface area (Å²) in [7, 11) is 0. The van der Waals surface area contributed by atoms with Crippen LogP contribution in [0.15, 0.2) is 24.3 Å². The van der Waals surface area contributed by atoms with Crippen LogP contribution in [0.5, 0.6) is 5.75 Å². The summed E-state index contributed by atoms with van der Waals surface area (Å²) in [5.74, 6) is -2.49. The molecule has 1 aromatic carbocycles. The van der Waals surface area contributed by atoms with E-state index in [1.54, 1.807) is 0 Å². The molecule has 1 unspecified atom stereocenters. The number of halogens is 4. The molecule has 0 fully saturated rings. The molecule has 1 atom stereocenters. The van der Waals surface area contributed by atoms with Crippen LogP contribution in [0.1, 0.15) is 12.0 Å². The molecule has 0 amide bonds. The Morgan fingerprint density at radius 2 is 1.82 bits per heavy atom. The van der Waals surface area contributed by atoms with Gasteiger partial charge in [-0.1, -0.05) is 12.1 Å². The zero-order valence-corrected chi connectivity index (χ0v) is 8.33. The zero-order chi connectivity index (χ0) is 13.3. The van der Waals surface area contributed by atoms with E-state index in [9.17, 15) is 22.4 Å². The second kappa shape index (κ2) is 4.23. The molecule has 7 heteroatoms. The van der Waals surface area contributed by atoms with Crippen LogP contribution in [0.25, 0.3) is 0 Å². The molecule has 0 saturated heterocycles. The van der Waals surface area contributed by atoms with Crippen molar-refractivity contribution >= 4 is 5.97 Å². The van der Waals surface area contributed by atoms with Crippen LogP contribution in [0, 0.1) is 0 Å². The van der Waals surface area contributed by atoms with E-state index in [4.69, 9.17) is 10.2 Å². The Hall–Kier alpha value is -1.79. The molecule has 0 aliphatic heterocycles. The van der Waals surface area contributed by atoms with Crippen LogP contribution < -0.4 is 0 Å². The Labute approximate surface area is 93.3 Å². The molecule has 94 valence electrons. The maximum atomic E-state index is 13.8. The van der Waals surface area contributed by atoms with E-state index < -0.39 is 35.5 Å². The smallest absolute Gasteiger partial charge is 0.427 e. The first-order chi connectivity index (χ1) is 7.67. The summed E-state index contributed by atoms with van der Waals surface area (Å²) in [6, 6.07) is 3.39. The van der Waals surface area contributed by atoms with Gasteiger partial charge in [-0.3, -0.25) is 4.79 Å². The van der Waals surface area contributed by atoms with Gasteiger partial charge in [0.15, 0.2) is 0 Å². The first-order valence-electron chi connectivity index (χ1n) is 4.44. The van der Waals surface area contributed by atoms with Crippen LogP contribution in [-0.2, 0) is 10.5 Å². The van der Waals surface area contributed by atoms with Gasteiger partial charge in [-0.25, -0.2) is 4.39 Å². The number of phenolic OH excluding ortho intramolecular Hbond substituents is 1. The zero-order valence-electron chi connectivity index (χ0n) is 8.33. The molecule has 0 aliphatic rings. The fourth-order valence-corrected chi connectivity index (χ4v) is 1.33. The van der Waals surface area contributed by atoms with Crippen LogP contribution in [0.3, 0.4) is 0 Å². The van der Waals surface area contributed by atoms with Crippen LogP contribution in [0.2, 0.25) is 0 Å². The number of carboxylic acids is 1. The maximum absolute atomic E-state index is 13.8. The number of alkyl halides is 4. The number of aliphatic carboxylic acids is 1. The second-order valence-corrected chi connectivity index (χ2v) is 3.42. The van der Waals surface area contributed by atoms with Gasteiger partial charge in [0.2, 0.25) is 5.67 Å². The highest BCUT2D eigenvalue weighted by Gasteiger charge is 2.58. The van der Waals surface area contributed by atoms with Gasteiger partial charge in [0, 0.05) is 5.56 Å². The number of carboxylic acid groups (broad SMARTS) is 1. The SMILES string of the molecule is O=C(O)CC(F)(c1cccc(O)c1)C(F)(F)F. The van der Waals surface area contributed by atoms with E-state index >= 15 is 0 Å². The fourth-order valence-electron chi connectivity index (χ4n) is 1.33. The second-order valence-electron chi connectivity index (χ2n) is 3.42. The molecule has 0 spiro atoms. The summed E-state index contributed by atoms with van der Waals surface area (Å²) in [5.41, 5.74) is -4.95. The van der Waals surface area contributed by atoms with Gasteiger partial charge in [-0.15, -0.1) is 0 Å². The third-order valence-corrected chi connectivity index (χ3v) is 2.15. The first kappa shape index (κ1) is 13.3. The Kier molecular flexibility index (Phi) is 3.30. The summed E-state index contributed by atoms with van der Waals surface area (Å²) in [6.45, 7) is 0. The normalized spacial score (nSPS) is 15.3. The molecule has 0 saturated carbocycles. The van der Waals surface area contributed by atoms with E-state index in [2.05, 4.69) is 0 Å². The van der Waals surface area contributed by atoms with E-state index in [-0.39, 0.29) is 0 Å². The number of hydrogen-bond acceptors (Lipinski definition) is 2.